The van der Waals surface area contributed by atoms with Gasteiger partial charge in [-0.15, -0.1) is 0 Å². The van der Waals surface area contributed by atoms with Crippen molar-refractivity contribution >= 4 is 28.9 Å². The molecule has 0 spiro atoms. The summed E-state index contributed by atoms with van der Waals surface area (Å²) >= 11 is 5.10. The van der Waals surface area contributed by atoms with E-state index in [0.29, 0.717) is 11.3 Å². The quantitative estimate of drug-likeness (QED) is 0.523. The van der Waals surface area contributed by atoms with Gasteiger partial charge in [-0.05, 0) is 49.0 Å². The fourth-order valence-electron chi connectivity index (χ4n) is 2.96. The average molecular weight is 409 g/mol. The molecular formula is C19H15F4N3OS. The Morgan fingerprint density at radius 1 is 1.14 bits per heavy atom. The largest absolute Gasteiger partial charge is 0.418 e. The first-order chi connectivity index (χ1) is 13.2. The third kappa shape index (κ3) is 4.14. The second-order valence-corrected chi connectivity index (χ2v) is 6.53. The minimum absolute atomic E-state index is 0.108. The molecule has 0 unspecified atom stereocenters. The molecule has 4 nitrogen and oxygen atoms in total. The van der Waals surface area contributed by atoms with E-state index < -0.39 is 29.5 Å². The van der Waals surface area contributed by atoms with Crippen LogP contribution in [0.3, 0.4) is 0 Å². The van der Waals surface area contributed by atoms with Crippen molar-refractivity contribution in [1.82, 2.24) is 10.6 Å². The van der Waals surface area contributed by atoms with Crippen LogP contribution in [0.1, 0.15) is 24.1 Å². The van der Waals surface area contributed by atoms with E-state index in [1.54, 1.807) is 13.0 Å². The number of anilines is 1. The van der Waals surface area contributed by atoms with Crippen LogP contribution in [0.2, 0.25) is 0 Å². The summed E-state index contributed by atoms with van der Waals surface area (Å²) in [5.74, 6) is -1.27. The number of carbonyl (C=O) groups is 1. The van der Waals surface area contributed by atoms with E-state index in [2.05, 4.69) is 16.0 Å². The van der Waals surface area contributed by atoms with Gasteiger partial charge in [0, 0.05) is 5.70 Å². The Morgan fingerprint density at radius 2 is 1.86 bits per heavy atom. The first-order valence-corrected chi connectivity index (χ1v) is 8.59. The zero-order valence-corrected chi connectivity index (χ0v) is 15.3. The lowest BCUT2D eigenvalue weighted by Gasteiger charge is -2.30. The molecule has 1 atom stereocenters. The minimum Gasteiger partial charge on any atom is -0.351 e. The number of rotatable bonds is 3. The zero-order valence-electron chi connectivity index (χ0n) is 14.5. The zero-order chi connectivity index (χ0) is 20.5. The maximum absolute atomic E-state index is 13.7. The molecular weight excluding hydrogens is 394 g/mol. The van der Waals surface area contributed by atoms with Gasteiger partial charge in [-0.1, -0.05) is 24.3 Å². The summed E-state index contributed by atoms with van der Waals surface area (Å²) in [5.41, 5.74) is -0.448. The van der Waals surface area contributed by atoms with E-state index >= 15 is 0 Å². The number of alkyl halides is 3. The van der Waals surface area contributed by atoms with Crippen molar-refractivity contribution in [2.75, 3.05) is 5.32 Å². The highest BCUT2D eigenvalue weighted by Gasteiger charge is 2.35. The monoisotopic (exact) mass is 409 g/mol. The number of hydrogen-bond acceptors (Lipinski definition) is 2. The van der Waals surface area contributed by atoms with E-state index in [0.717, 1.165) is 6.07 Å². The molecule has 1 aliphatic heterocycles. The molecule has 1 heterocycles. The summed E-state index contributed by atoms with van der Waals surface area (Å²) in [6.07, 6.45) is -4.63. The highest BCUT2D eigenvalue weighted by Crippen LogP contribution is 2.35. The van der Waals surface area contributed by atoms with Crippen molar-refractivity contribution in [2.45, 2.75) is 19.1 Å². The fourth-order valence-corrected chi connectivity index (χ4v) is 3.23. The van der Waals surface area contributed by atoms with Crippen molar-refractivity contribution in [3.05, 3.63) is 76.7 Å². The second-order valence-electron chi connectivity index (χ2n) is 6.12. The smallest absolute Gasteiger partial charge is 0.351 e. The standard InChI is InChI=1S/C19H15F4N3OS/c1-10-15(16(26-18(28)24-10)11-5-4-6-12(20)9-11)17(27)25-14-8-3-2-7-13(14)19(21,22)23/h2-9,16H,1H3,(H,25,27)(H2,24,26,28)/t16-/m1/s1. The molecule has 9 heteroatoms. The lowest BCUT2D eigenvalue weighted by atomic mass is 9.94. The predicted octanol–water partition coefficient (Wildman–Crippen LogP) is 4.28. The van der Waals surface area contributed by atoms with Crippen molar-refractivity contribution in [1.29, 1.82) is 0 Å². The minimum atomic E-state index is -4.63. The lowest BCUT2D eigenvalue weighted by molar-refractivity contribution is -0.137. The van der Waals surface area contributed by atoms with Gasteiger partial charge in [0.1, 0.15) is 5.82 Å². The summed E-state index contributed by atoms with van der Waals surface area (Å²) in [4.78, 5) is 12.9. The summed E-state index contributed by atoms with van der Waals surface area (Å²) < 4.78 is 53.3. The Bertz CT molecular complexity index is 972. The second kappa shape index (κ2) is 7.59. The molecule has 28 heavy (non-hydrogen) atoms. The third-order valence-corrected chi connectivity index (χ3v) is 4.40. The number of benzene rings is 2. The van der Waals surface area contributed by atoms with E-state index in [-0.39, 0.29) is 16.4 Å². The third-order valence-electron chi connectivity index (χ3n) is 4.18. The molecule has 3 N–H and O–H groups in total. The van der Waals surface area contributed by atoms with Crippen LogP contribution in [0, 0.1) is 5.82 Å². The topological polar surface area (TPSA) is 53.2 Å². The number of hydrogen-bond donors (Lipinski definition) is 3. The van der Waals surface area contributed by atoms with Crippen LogP contribution in [-0.4, -0.2) is 11.0 Å². The van der Waals surface area contributed by atoms with E-state index in [1.165, 1.54) is 36.4 Å². The number of carbonyl (C=O) groups excluding carboxylic acids is 1. The summed E-state index contributed by atoms with van der Waals surface area (Å²) in [5, 5.41) is 8.18. The SMILES string of the molecule is CC1=C(C(=O)Nc2ccccc2C(F)(F)F)[C@@H](c2cccc(F)c2)NC(=S)N1. The Balaban J connectivity index is 1.99. The Morgan fingerprint density at radius 3 is 2.54 bits per heavy atom. The molecule has 146 valence electrons. The Kier molecular flexibility index (Phi) is 5.37. The molecule has 2 aromatic rings. The van der Waals surface area contributed by atoms with Gasteiger partial charge in [0.25, 0.3) is 5.91 Å². The molecule has 1 aliphatic rings. The van der Waals surface area contributed by atoms with Gasteiger partial charge in [0.2, 0.25) is 0 Å². The maximum atomic E-state index is 13.7. The van der Waals surface area contributed by atoms with Crippen LogP contribution in [-0.2, 0) is 11.0 Å². The normalized spacial score (nSPS) is 17.0. The predicted molar refractivity (Wildman–Crippen MR) is 101 cm³/mol. The molecule has 0 bridgehead atoms. The number of nitrogens with one attached hydrogen (secondary N) is 3. The van der Waals surface area contributed by atoms with Crippen LogP contribution in [0.25, 0.3) is 0 Å². The Hall–Kier alpha value is -2.94. The summed E-state index contributed by atoms with van der Waals surface area (Å²) in [6.45, 7) is 1.57. The van der Waals surface area contributed by atoms with Crippen LogP contribution in [0.15, 0.2) is 59.8 Å². The average Bonchev–Trinajstić information content (AvgIpc) is 2.60. The maximum Gasteiger partial charge on any atom is 0.418 e. The molecule has 2 aromatic carbocycles. The van der Waals surface area contributed by atoms with E-state index in [1.807, 2.05) is 0 Å². The first kappa shape index (κ1) is 19.8. The van der Waals surface area contributed by atoms with Gasteiger partial charge in [-0.25, -0.2) is 4.39 Å². The van der Waals surface area contributed by atoms with Crippen LogP contribution in [0.5, 0.6) is 0 Å². The van der Waals surface area contributed by atoms with Crippen molar-refractivity contribution in [3.8, 4) is 0 Å². The van der Waals surface area contributed by atoms with Crippen LogP contribution >= 0.6 is 12.2 Å². The molecule has 0 aromatic heterocycles. The summed E-state index contributed by atoms with van der Waals surface area (Å²) in [6, 6.07) is 9.41. The van der Waals surface area contributed by atoms with Crippen molar-refractivity contribution < 1.29 is 22.4 Å². The van der Waals surface area contributed by atoms with Crippen LogP contribution in [0.4, 0.5) is 23.2 Å². The number of allylic oxidation sites excluding steroid dienone is 1. The highest BCUT2D eigenvalue weighted by atomic mass is 32.1. The van der Waals surface area contributed by atoms with Gasteiger partial charge >= 0.3 is 6.18 Å². The highest BCUT2D eigenvalue weighted by molar-refractivity contribution is 7.80. The van der Waals surface area contributed by atoms with Crippen molar-refractivity contribution in [2.24, 2.45) is 0 Å². The van der Waals surface area contributed by atoms with E-state index in [9.17, 15) is 22.4 Å². The number of para-hydroxylation sites is 1. The fraction of sp³-hybridized carbons (Fsp3) is 0.158. The molecule has 3 rings (SSSR count). The number of thiocarbonyl (C=S) groups is 1. The molecule has 0 fully saturated rings. The van der Waals surface area contributed by atoms with Crippen LogP contribution < -0.4 is 16.0 Å². The molecule has 0 saturated heterocycles. The Labute approximate surface area is 163 Å². The van der Waals surface area contributed by atoms with Crippen molar-refractivity contribution in [3.63, 3.8) is 0 Å². The van der Waals surface area contributed by atoms with Gasteiger partial charge < -0.3 is 16.0 Å². The van der Waals surface area contributed by atoms with Gasteiger partial charge in [0.05, 0.1) is 22.9 Å². The molecule has 1 amide bonds. The summed E-state index contributed by atoms with van der Waals surface area (Å²) in [7, 11) is 0. The van der Waals surface area contributed by atoms with E-state index in [4.69, 9.17) is 12.2 Å². The van der Waals surface area contributed by atoms with Gasteiger partial charge in [-0.3, -0.25) is 4.79 Å². The first-order valence-electron chi connectivity index (χ1n) is 8.18. The molecule has 0 aliphatic carbocycles. The van der Waals surface area contributed by atoms with Gasteiger partial charge in [0.15, 0.2) is 5.11 Å². The molecule has 0 saturated carbocycles. The van der Waals surface area contributed by atoms with Gasteiger partial charge in [-0.2, -0.15) is 13.2 Å². The number of halogens is 4. The lowest BCUT2D eigenvalue weighted by Crippen LogP contribution is -2.45. The molecule has 0 radical (unpaired) electrons. The number of amides is 1.